The van der Waals surface area contributed by atoms with Crippen LogP contribution in [0.15, 0.2) is 17.0 Å². The van der Waals surface area contributed by atoms with Crippen LogP contribution in [0.5, 0.6) is 0 Å². The van der Waals surface area contributed by atoms with Gasteiger partial charge in [0.15, 0.2) is 6.61 Å². The molecule has 1 amide bonds. The van der Waals surface area contributed by atoms with E-state index in [0.29, 0.717) is 17.0 Å². The molecule has 0 aliphatic heterocycles. The summed E-state index contributed by atoms with van der Waals surface area (Å²) < 4.78 is 32.5. The highest BCUT2D eigenvalue weighted by atomic mass is 32.2. The Labute approximate surface area is 173 Å². The molecule has 8 heteroatoms. The molecule has 1 aromatic rings. The Morgan fingerprint density at radius 3 is 2.34 bits per heavy atom. The summed E-state index contributed by atoms with van der Waals surface area (Å²) in [5.41, 5.74) is 2.31. The number of carbonyl (C=O) groups excluding carboxylic acids is 2. The molecule has 1 aliphatic carbocycles. The number of hydrogen-bond acceptors (Lipinski definition) is 5. The molecular weight excluding hydrogens is 392 g/mol. The van der Waals surface area contributed by atoms with Gasteiger partial charge in [-0.1, -0.05) is 37.5 Å². The number of esters is 1. The molecule has 1 fully saturated rings. The van der Waals surface area contributed by atoms with Crippen molar-refractivity contribution in [2.24, 2.45) is 5.92 Å². The van der Waals surface area contributed by atoms with Crippen LogP contribution in [-0.2, 0) is 24.3 Å². The largest absolute Gasteiger partial charge is 0.456 e. The van der Waals surface area contributed by atoms with Crippen molar-refractivity contribution < 1.29 is 22.7 Å². The van der Waals surface area contributed by atoms with E-state index in [-0.39, 0.29) is 36.4 Å². The molecule has 0 spiro atoms. The number of benzene rings is 1. The minimum atomic E-state index is -3.73. The first-order valence-corrected chi connectivity index (χ1v) is 11.6. The van der Waals surface area contributed by atoms with Crippen LogP contribution in [0.3, 0.4) is 0 Å². The summed E-state index contributed by atoms with van der Waals surface area (Å²) in [6, 6.07) is 3.74. The molecule has 0 aromatic heterocycles. The first kappa shape index (κ1) is 23.3. The van der Waals surface area contributed by atoms with E-state index in [1.54, 1.807) is 13.8 Å². The molecule has 2 N–H and O–H groups in total. The van der Waals surface area contributed by atoms with Crippen LogP contribution in [0.25, 0.3) is 0 Å². The van der Waals surface area contributed by atoms with E-state index in [4.69, 9.17) is 4.74 Å². The van der Waals surface area contributed by atoms with Gasteiger partial charge in [-0.3, -0.25) is 9.59 Å². The standard InChI is InChI=1S/C21H32N2O5S/c1-14-11-16(3)21(17(4)12-14)29(26,27)22-10-9-20(25)28-13-19(24)23-18-8-6-5-7-15(18)2/h11-12,15,18,22H,5-10,13H2,1-4H3,(H,23,24)/t15-,18+/m0/s1. The fraction of sp³-hybridized carbons (Fsp3) is 0.619. The molecule has 2 rings (SSSR count). The average molecular weight is 425 g/mol. The zero-order chi connectivity index (χ0) is 21.6. The summed E-state index contributed by atoms with van der Waals surface area (Å²) in [5, 5.41) is 2.92. The van der Waals surface area contributed by atoms with Crippen molar-refractivity contribution in [1.29, 1.82) is 0 Å². The number of sulfonamides is 1. The molecule has 2 atom stereocenters. The van der Waals surface area contributed by atoms with Crippen molar-refractivity contribution in [1.82, 2.24) is 10.0 Å². The quantitative estimate of drug-likeness (QED) is 0.625. The van der Waals surface area contributed by atoms with Crippen LogP contribution in [-0.4, -0.2) is 39.5 Å². The minimum Gasteiger partial charge on any atom is -0.456 e. The fourth-order valence-corrected chi connectivity index (χ4v) is 5.43. The molecule has 0 heterocycles. The van der Waals surface area contributed by atoms with Crippen molar-refractivity contribution in [3.8, 4) is 0 Å². The molecule has 1 saturated carbocycles. The van der Waals surface area contributed by atoms with Gasteiger partial charge in [-0.2, -0.15) is 0 Å². The zero-order valence-electron chi connectivity index (χ0n) is 17.7. The van der Waals surface area contributed by atoms with Gasteiger partial charge in [-0.05, 0) is 50.7 Å². The molecule has 0 saturated heterocycles. The van der Waals surface area contributed by atoms with E-state index in [1.807, 2.05) is 19.1 Å². The predicted molar refractivity (Wildman–Crippen MR) is 111 cm³/mol. The van der Waals surface area contributed by atoms with Crippen molar-refractivity contribution in [2.45, 2.75) is 70.7 Å². The summed E-state index contributed by atoms with van der Waals surface area (Å²) in [6.45, 7) is 7.08. The lowest BCUT2D eigenvalue weighted by molar-refractivity contribution is -0.148. The van der Waals surface area contributed by atoms with Crippen LogP contribution in [0, 0.1) is 26.7 Å². The van der Waals surface area contributed by atoms with E-state index in [9.17, 15) is 18.0 Å². The predicted octanol–water partition coefficient (Wildman–Crippen LogP) is 2.52. The van der Waals surface area contributed by atoms with Gasteiger partial charge in [-0.15, -0.1) is 0 Å². The lowest BCUT2D eigenvalue weighted by atomic mass is 9.86. The third kappa shape index (κ3) is 6.82. The maximum atomic E-state index is 12.6. The Kier molecular flexibility index (Phi) is 8.22. The van der Waals surface area contributed by atoms with E-state index in [2.05, 4.69) is 17.0 Å². The molecule has 1 aromatic carbocycles. The first-order chi connectivity index (χ1) is 13.6. The second-order valence-electron chi connectivity index (χ2n) is 7.97. The number of rotatable bonds is 8. The smallest absolute Gasteiger partial charge is 0.307 e. The highest BCUT2D eigenvalue weighted by molar-refractivity contribution is 7.89. The molecule has 0 radical (unpaired) electrons. The van der Waals surface area contributed by atoms with Gasteiger partial charge in [0.1, 0.15) is 0 Å². The van der Waals surface area contributed by atoms with E-state index in [0.717, 1.165) is 24.8 Å². The summed E-state index contributed by atoms with van der Waals surface area (Å²) in [7, 11) is -3.73. The molecule has 1 aliphatic rings. The lowest BCUT2D eigenvalue weighted by Gasteiger charge is -2.29. The third-order valence-corrected chi connectivity index (χ3v) is 7.08. The highest BCUT2D eigenvalue weighted by Crippen LogP contribution is 2.23. The van der Waals surface area contributed by atoms with Crippen molar-refractivity contribution >= 4 is 21.9 Å². The number of amides is 1. The molecule has 0 unspecified atom stereocenters. The van der Waals surface area contributed by atoms with Crippen molar-refractivity contribution in [3.05, 3.63) is 28.8 Å². The Morgan fingerprint density at radius 1 is 1.10 bits per heavy atom. The van der Waals surface area contributed by atoms with Crippen LogP contribution in [0.2, 0.25) is 0 Å². The zero-order valence-corrected chi connectivity index (χ0v) is 18.5. The monoisotopic (exact) mass is 424 g/mol. The Bertz CT molecular complexity index is 828. The average Bonchev–Trinajstić information content (AvgIpc) is 2.60. The van der Waals surface area contributed by atoms with Gasteiger partial charge in [0.25, 0.3) is 5.91 Å². The number of carbonyl (C=O) groups is 2. The fourth-order valence-electron chi connectivity index (χ4n) is 3.95. The second kappa shape index (κ2) is 10.2. The molecule has 162 valence electrons. The summed E-state index contributed by atoms with van der Waals surface area (Å²) in [6.07, 6.45) is 4.16. The molecule has 7 nitrogen and oxygen atoms in total. The van der Waals surface area contributed by atoms with Gasteiger partial charge in [0.2, 0.25) is 10.0 Å². The van der Waals surface area contributed by atoms with Gasteiger partial charge >= 0.3 is 5.97 Å². The van der Waals surface area contributed by atoms with Crippen molar-refractivity contribution in [2.75, 3.05) is 13.2 Å². The van der Waals surface area contributed by atoms with E-state index in [1.165, 1.54) is 6.42 Å². The molecule has 0 bridgehead atoms. The first-order valence-electron chi connectivity index (χ1n) is 10.1. The van der Waals surface area contributed by atoms with E-state index < -0.39 is 16.0 Å². The second-order valence-corrected chi connectivity index (χ2v) is 9.68. The van der Waals surface area contributed by atoms with Crippen LogP contribution in [0.4, 0.5) is 0 Å². The third-order valence-electron chi connectivity index (χ3n) is 5.32. The maximum absolute atomic E-state index is 12.6. The molecular formula is C21H32N2O5S. The van der Waals surface area contributed by atoms with Gasteiger partial charge < -0.3 is 10.1 Å². The number of aryl methyl sites for hydroxylation is 3. The summed E-state index contributed by atoms with van der Waals surface area (Å²) >= 11 is 0. The SMILES string of the molecule is Cc1cc(C)c(S(=O)(=O)NCCC(=O)OCC(=O)N[C@@H]2CCCC[C@@H]2C)c(C)c1. The van der Waals surface area contributed by atoms with Gasteiger partial charge in [0.05, 0.1) is 11.3 Å². The van der Waals surface area contributed by atoms with Gasteiger partial charge in [-0.25, -0.2) is 13.1 Å². The Balaban J connectivity index is 1.77. The number of ether oxygens (including phenoxy) is 1. The summed E-state index contributed by atoms with van der Waals surface area (Å²) in [4.78, 5) is 24.1. The van der Waals surface area contributed by atoms with Crippen LogP contribution in [0.1, 0.15) is 55.7 Å². The van der Waals surface area contributed by atoms with E-state index >= 15 is 0 Å². The molecule has 29 heavy (non-hydrogen) atoms. The van der Waals surface area contributed by atoms with Crippen molar-refractivity contribution in [3.63, 3.8) is 0 Å². The normalized spacial score (nSPS) is 19.6. The summed E-state index contributed by atoms with van der Waals surface area (Å²) in [5.74, 6) is -0.507. The topological polar surface area (TPSA) is 102 Å². The minimum absolute atomic E-state index is 0.0881. The Hall–Kier alpha value is -1.93. The lowest BCUT2D eigenvalue weighted by Crippen LogP contribution is -2.43. The van der Waals surface area contributed by atoms with Crippen LogP contribution < -0.4 is 10.0 Å². The highest BCUT2D eigenvalue weighted by Gasteiger charge is 2.23. The Morgan fingerprint density at radius 2 is 1.72 bits per heavy atom. The van der Waals surface area contributed by atoms with Gasteiger partial charge in [0, 0.05) is 12.6 Å². The number of nitrogens with one attached hydrogen (secondary N) is 2. The maximum Gasteiger partial charge on any atom is 0.307 e. The van der Waals surface area contributed by atoms with Crippen LogP contribution >= 0.6 is 0 Å². The number of hydrogen-bond donors (Lipinski definition) is 2.